The number of hydrogen-bond donors (Lipinski definition) is 0. The summed E-state index contributed by atoms with van der Waals surface area (Å²) in [5, 5.41) is 0. The number of hydrogen-bond acceptors (Lipinski definition) is 6. The van der Waals surface area contributed by atoms with E-state index < -0.39 is 0 Å². The zero-order valence-corrected chi connectivity index (χ0v) is 17.9. The normalized spacial score (nSPS) is 28.2. The number of nitrogens with zero attached hydrogens (tertiary/aromatic N) is 2. The van der Waals surface area contributed by atoms with Gasteiger partial charge < -0.3 is 9.47 Å². The van der Waals surface area contributed by atoms with Gasteiger partial charge >= 0.3 is 5.97 Å². The summed E-state index contributed by atoms with van der Waals surface area (Å²) in [5.41, 5.74) is 2.27. The average molecular weight is 391 g/mol. The summed E-state index contributed by atoms with van der Waals surface area (Å²) >= 11 is 0. The highest BCUT2D eigenvalue weighted by atomic mass is 16.5. The van der Waals surface area contributed by atoms with E-state index in [0.29, 0.717) is 38.4 Å². The molecular formula is C22H34N2O4. The van der Waals surface area contributed by atoms with Crippen LogP contribution in [0.5, 0.6) is 0 Å². The van der Waals surface area contributed by atoms with E-state index in [9.17, 15) is 9.59 Å². The number of aliphatic imine (C=N–C) groups is 1. The number of ether oxygens (including phenoxy) is 2. The molecule has 156 valence electrons. The predicted octanol–water partition coefficient (Wildman–Crippen LogP) is 2.87. The molecule has 0 radical (unpaired) electrons. The number of morpholine rings is 1. The van der Waals surface area contributed by atoms with Crippen molar-refractivity contribution in [3.8, 4) is 0 Å². The molecule has 0 aromatic carbocycles. The average Bonchev–Trinajstić information content (AvgIpc) is 2.60. The van der Waals surface area contributed by atoms with Gasteiger partial charge in [0.25, 0.3) is 0 Å². The monoisotopic (exact) mass is 390 g/mol. The molecule has 2 fully saturated rings. The van der Waals surface area contributed by atoms with E-state index in [4.69, 9.17) is 14.5 Å². The Kier molecular flexibility index (Phi) is 6.40. The lowest BCUT2D eigenvalue weighted by Gasteiger charge is -2.43. The maximum Gasteiger partial charge on any atom is 0.336 e. The van der Waals surface area contributed by atoms with Gasteiger partial charge in [-0.1, -0.05) is 27.7 Å². The number of fused-ring (bicyclic) bond motifs is 1. The highest BCUT2D eigenvalue weighted by molar-refractivity contribution is 6.11. The quantitative estimate of drug-likeness (QED) is 0.675. The van der Waals surface area contributed by atoms with Crippen LogP contribution in [0.3, 0.4) is 0 Å². The lowest BCUT2D eigenvalue weighted by atomic mass is 9.62. The zero-order chi connectivity index (χ0) is 20.5. The molecule has 2 aliphatic heterocycles. The van der Waals surface area contributed by atoms with E-state index in [1.807, 2.05) is 6.92 Å². The summed E-state index contributed by atoms with van der Waals surface area (Å²) in [6.07, 6.45) is 1.34. The third-order valence-corrected chi connectivity index (χ3v) is 5.99. The van der Waals surface area contributed by atoms with Gasteiger partial charge in [0.15, 0.2) is 0 Å². The minimum Gasteiger partial charge on any atom is -0.463 e. The Morgan fingerprint density at radius 3 is 2.57 bits per heavy atom. The van der Waals surface area contributed by atoms with Crippen molar-refractivity contribution in [1.29, 1.82) is 0 Å². The van der Waals surface area contributed by atoms with Crippen LogP contribution in [0.4, 0.5) is 0 Å². The number of ketones is 1. The van der Waals surface area contributed by atoms with Crippen LogP contribution >= 0.6 is 0 Å². The standard InChI is InChI=1S/C22H34N2O4/c1-6-28-21(26)20-16(13-24-7-9-27-10-8-24)23-15-11-22(4,5)12-17(25)19(15)18(20)14(2)3/h14,18-19H,6-13H2,1-5H3. The molecule has 28 heavy (non-hydrogen) atoms. The molecule has 6 nitrogen and oxygen atoms in total. The smallest absolute Gasteiger partial charge is 0.336 e. The van der Waals surface area contributed by atoms with E-state index in [0.717, 1.165) is 30.9 Å². The van der Waals surface area contributed by atoms with Crippen LogP contribution in [0.2, 0.25) is 0 Å². The molecular weight excluding hydrogens is 356 g/mol. The number of rotatable bonds is 5. The molecule has 0 spiro atoms. The van der Waals surface area contributed by atoms with Crippen LogP contribution in [0.25, 0.3) is 0 Å². The van der Waals surface area contributed by atoms with Crippen LogP contribution in [0.15, 0.2) is 16.3 Å². The first-order valence-electron chi connectivity index (χ1n) is 10.5. The lowest BCUT2D eigenvalue weighted by Crippen LogP contribution is -2.47. The van der Waals surface area contributed by atoms with E-state index in [1.54, 1.807) is 0 Å². The first-order chi connectivity index (χ1) is 13.2. The molecule has 0 amide bonds. The van der Waals surface area contributed by atoms with Crippen LogP contribution in [0, 0.1) is 23.2 Å². The molecule has 1 saturated carbocycles. The van der Waals surface area contributed by atoms with Gasteiger partial charge in [-0.05, 0) is 24.7 Å². The SMILES string of the molecule is CCOC(=O)C1=C(CN2CCOCC2)N=C2CC(C)(C)CC(=O)C2C1C(C)C. The van der Waals surface area contributed by atoms with Crippen molar-refractivity contribution in [3.63, 3.8) is 0 Å². The van der Waals surface area contributed by atoms with Gasteiger partial charge in [0, 0.05) is 37.7 Å². The van der Waals surface area contributed by atoms with Gasteiger partial charge in [-0.15, -0.1) is 0 Å². The molecule has 2 heterocycles. The van der Waals surface area contributed by atoms with Crippen molar-refractivity contribution in [1.82, 2.24) is 4.90 Å². The fourth-order valence-corrected chi connectivity index (χ4v) is 4.81. The van der Waals surface area contributed by atoms with Crippen molar-refractivity contribution in [2.75, 3.05) is 39.5 Å². The summed E-state index contributed by atoms with van der Waals surface area (Å²) in [6, 6.07) is 0. The summed E-state index contributed by atoms with van der Waals surface area (Å²) in [7, 11) is 0. The van der Waals surface area contributed by atoms with Crippen molar-refractivity contribution >= 4 is 17.5 Å². The molecule has 0 N–H and O–H groups in total. The van der Waals surface area contributed by atoms with Gasteiger partial charge in [0.1, 0.15) is 5.78 Å². The van der Waals surface area contributed by atoms with Crippen molar-refractivity contribution in [3.05, 3.63) is 11.3 Å². The van der Waals surface area contributed by atoms with Gasteiger partial charge in [-0.25, -0.2) is 4.79 Å². The minimum absolute atomic E-state index is 0.0839. The fourth-order valence-electron chi connectivity index (χ4n) is 4.81. The molecule has 0 bridgehead atoms. The van der Waals surface area contributed by atoms with E-state index >= 15 is 0 Å². The Morgan fingerprint density at radius 2 is 1.96 bits per heavy atom. The van der Waals surface area contributed by atoms with Gasteiger partial charge in [-0.3, -0.25) is 14.7 Å². The van der Waals surface area contributed by atoms with Crippen molar-refractivity contribution in [2.24, 2.45) is 28.2 Å². The van der Waals surface area contributed by atoms with E-state index in [1.165, 1.54) is 0 Å². The topological polar surface area (TPSA) is 68.2 Å². The molecule has 0 aromatic rings. The first-order valence-corrected chi connectivity index (χ1v) is 10.5. The molecule has 0 aromatic heterocycles. The second kappa shape index (κ2) is 8.46. The molecule has 1 saturated heterocycles. The van der Waals surface area contributed by atoms with Crippen molar-refractivity contribution in [2.45, 2.75) is 47.5 Å². The predicted molar refractivity (Wildman–Crippen MR) is 108 cm³/mol. The van der Waals surface area contributed by atoms with Gasteiger partial charge in [-0.2, -0.15) is 0 Å². The second-order valence-corrected chi connectivity index (χ2v) is 9.30. The third kappa shape index (κ3) is 4.38. The summed E-state index contributed by atoms with van der Waals surface area (Å²) < 4.78 is 10.9. The molecule has 6 heteroatoms. The Labute approximate surface area is 168 Å². The number of carbonyl (C=O) groups is 2. The third-order valence-electron chi connectivity index (χ3n) is 5.99. The molecule has 3 aliphatic rings. The second-order valence-electron chi connectivity index (χ2n) is 9.30. The lowest BCUT2D eigenvalue weighted by molar-refractivity contribution is -0.139. The van der Waals surface area contributed by atoms with Gasteiger partial charge in [0.05, 0.1) is 37.0 Å². The highest BCUT2D eigenvalue weighted by Gasteiger charge is 2.48. The number of Topliss-reactive ketones (excluding diaryl/α,β-unsaturated/α-hetero) is 1. The Balaban J connectivity index is 2.06. The Hall–Kier alpha value is -1.53. The van der Waals surface area contributed by atoms with Crippen LogP contribution < -0.4 is 0 Å². The summed E-state index contributed by atoms with van der Waals surface area (Å²) in [6.45, 7) is 14.2. The minimum atomic E-state index is -0.315. The van der Waals surface area contributed by atoms with Crippen LogP contribution in [-0.2, 0) is 19.1 Å². The van der Waals surface area contributed by atoms with Gasteiger partial charge in [0.2, 0.25) is 0 Å². The molecule has 3 rings (SSSR count). The maximum absolute atomic E-state index is 13.1. The Morgan fingerprint density at radius 1 is 1.29 bits per heavy atom. The first kappa shape index (κ1) is 21.2. The Bertz CT molecular complexity index is 687. The molecule has 2 unspecified atom stereocenters. The zero-order valence-electron chi connectivity index (χ0n) is 17.9. The highest BCUT2D eigenvalue weighted by Crippen LogP contribution is 2.45. The van der Waals surface area contributed by atoms with E-state index in [-0.39, 0.29) is 34.9 Å². The summed E-state index contributed by atoms with van der Waals surface area (Å²) in [4.78, 5) is 33.3. The molecule has 1 aliphatic carbocycles. The maximum atomic E-state index is 13.1. The van der Waals surface area contributed by atoms with Crippen molar-refractivity contribution < 1.29 is 19.1 Å². The van der Waals surface area contributed by atoms with Crippen LogP contribution in [-0.4, -0.2) is 61.8 Å². The summed E-state index contributed by atoms with van der Waals surface area (Å²) in [5.74, 6) is -0.405. The number of esters is 1. The number of carbonyl (C=O) groups excluding carboxylic acids is 2. The fraction of sp³-hybridized carbons (Fsp3) is 0.773. The largest absolute Gasteiger partial charge is 0.463 e. The molecule has 2 atom stereocenters. The van der Waals surface area contributed by atoms with E-state index in [2.05, 4.69) is 32.6 Å². The van der Waals surface area contributed by atoms with Crippen LogP contribution in [0.1, 0.15) is 47.5 Å².